The summed E-state index contributed by atoms with van der Waals surface area (Å²) in [7, 11) is 1.53. The van der Waals surface area contributed by atoms with Crippen LogP contribution in [0.15, 0.2) is 23.3 Å². The first-order valence-corrected chi connectivity index (χ1v) is 6.13. The molecule has 0 unspecified atom stereocenters. The SMILES string of the molecule is COc1cc(Cl)c(C)cc1Nc1nc[nH]c(=O)c1Cl. The summed E-state index contributed by atoms with van der Waals surface area (Å²) in [6.45, 7) is 1.86. The van der Waals surface area contributed by atoms with Gasteiger partial charge in [-0.05, 0) is 18.6 Å². The normalized spacial score (nSPS) is 10.3. The average Bonchev–Trinajstić information content (AvgIpc) is 2.39. The first-order valence-electron chi connectivity index (χ1n) is 5.37. The number of aryl methyl sites for hydroxylation is 1. The van der Waals surface area contributed by atoms with Crippen molar-refractivity contribution >= 4 is 34.7 Å². The van der Waals surface area contributed by atoms with Crippen LogP contribution in [-0.2, 0) is 0 Å². The summed E-state index contributed by atoms with van der Waals surface area (Å²) < 4.78 is 5.22. The zero-order valence-corrected chi connectivity index (χ0v) is 11.8. The van der Waals surface area contributed by atoms with Crippen LogP contribution in [0.2, 0.25) is 10.0 Å². The molecule has 2 aromatic rings. The van der Waals surface area contributed by atoms with E-state index in [4.69, 9.17) is 27.9 Å². The summed E-state index contributed by atoms with van der Waals surface area (Å²) in [5.41, 5.74) is 1.08. The second-order valence-electron chi connectivity index (χ2n) is 3.82. The third-order valence-electron chi connectivity index (χ3n) is 2.53. The lowest BCUT2D eigenvalue weighted by Crippen LogP contribution is -2.10. The fourth-order valence-corrected chi connectivity index (χ4v) is 1.83. The van der Waals surface area contributed by atoms with E-state index in [-0.39, 0.29) is 10.8 Å². The number of ether oxygens (including phenoxy) is 1. The summed E-state index contributed by atoms with van der Waals surface area (Å²) in [4.78, 5) is 17.7. The van der Waals surface area contributed by atoms with E-state index >= 15 is 0 Å². The van der Waals surface area contributed by atoms with Gasteiger partial charge < -0.3 is 15.0 Å². The molecule has 0 atom stereocenters. The molecule has 19 heavy (non-hydrogen) atoms. The number of halogens is 2. The molecule has 5 nitrogen and oxygen atoms in total. The Bertz CT molecular complexity index is 671. The second-order valence-corrected chi connectivity index (χ2v) is 4.61. The van der Waals surface area contributed by atoms with Crippen LogP contribution in [0.3, 0.4) is 0 Å². The van der Waals surface area contributed by atoms with Crippen molar-refractivity contribution < 1.29 is 4.74 Å². The van der Waals surface area contributed by atoms with Crippen LogP contribution < -0.4 is 15.6 Å². The number of nitrogens with zero attached hydrogens (tertiary/aromatic N) is 1. The quantitative estimate of drug-likeness (QED) is 0.914. The Balaban J connectivity index is 2.46. The molecule has 100 valence electrons. The molecule has 0 aliphatic rings. The van der Waals surface area contributed by atoms with Crippen molar-refractivity contribution in [1.29, 1.82) is 0 Å². The van der Waals surface area contributed by atoms with Crippen molar-refractivity contribution in [2.75, 3.05) is 12.4 Å². The summed E-state index contributed by atoms with van der Waals surface area (Å²) in [6, 6.07) is 3.47. The number of benzene rings is 1. The molecule has 0 radical (unpaired) electrons. The minimum Gasteiger partial charge on any atom is -0.495 e. The smallest absolute Gasteiger partial charge is 0.271 e. The number of aromatic amines is 1. The van der Waals surface area contributed by atoms with Crippen LogP contribution in [0.1, 0.15) is 5.56 Å². The summed E-state index contributed by atoms with van der Waals surface area (Å²) in [6.07, 6.45) is 1.27. The zero-order valence-electron chi connectivity index (χ0n) is 10.3. The second kappa shape index (κ2) is 5.50. The molecule has 0 amide bonds. The van der Waals surface area contributed by atoms with Gasteiger partial charge in [0.15, 0.2) is 5.82 Å². The van der Waals surface area contributed by atoms with Gasteiger partial charge in [-0.3, -0.25) is 4.79 Å². The Morgan fingerprint density at radius 1 is 1.37 bits per heavy atom. The third-order valence-corrected chi connectivity index (χ3v) is 3.29. The lowest BCUT2D eigenvalue weighted by Gasteiger charge is -2.13. The van der Waals surface area contributed by atoms with Gasteiger partial charge in [-0.25, -0.2) is 4.98 Å². The first-order chi connectivity index (χ1) is 9.02. The van der Waals surface area contributed by atoms with Crippen LogP contribution in [0.5, 0.6) is 5.75 Å². The largest absolute Gasteiger partial charge is 0.495 e. The molecule has 2 rings (SSSR count). The number of hydrogen-bond acceptors (Lipinski definition) is 4. The average molecular weight is 300 g/mol. The van der Waals surface area contributed by atoms with Gasteiger partial charge in [-0.1, -0.05) is 23.2 Å². The van der Waals surface area contributed by atoms with Crippen molar-refractivity contribution in [2.24, 2.45) is 0 Å². The minimum atomic E-state index is -0.413. The fraction of sp³-hybridized carbons (Fsp3) is 0.167. The van der Waals surface area contributed by atoms with E-state index in [2.05, 4.69) is 15.3 Å². The standard InChI is InChI=1S/C12H11Cl2N3O2/c1-6-3-8(9(19-2)4-7(6)13)17-11-10(14)12(18)16-5-15-11/h3-5H,1-2H3,(H2,15,16,17,18). The molecule has 0 aliphatic heterocycles. The number of hydrogen-bond donors (Lipinski definition) is 2. The maximum Gasteiger partial charge on any atom is 0.271 e. The van der Waals surface area contributed by atoms with Gasteiger partial charge in [0, 0.05) is 11.1 Å². The molecule has 0 saturated carbocycles. The molecule has 1 aromatic carbocycles. The molecular formula is C12H11Cl2N3O2. The molecule has 0 spiro atoms. The Morgan fingerprint density at radius 2 is 2.11 bits per heavy atom. The highest BCUT2D eigenvalue weighted by Crippen LogP contribution is 2.33. The van der Waals surface area contributed by atoms with Gasteiger partial charge in [0.05, 0.1) is 19.1 Å². The Labute approximate surface area is 119 Å². The van der Waals surface area contributed by atoms with Gasteiger partial charge in [0.1, 0.15) is 10.8 Å². The molecule has 2 N–H and O–H groups in total. The molecule has 0 fully saturated rings. The van der Waals surface area contributed by atoms with Gasteiger partial charge in [0.2, 0.25) is 0 Å². The van der Waals surface area contributed by atoms with Crippen LogP contribution >= 0.6 is 23.2 Å². The molecule has 0 bridgehead atoms. The van der Waals surface area contributed by atoms with E-state index in [1.165, 1.54) is 13.4 Å². The predicted molar refractivity (Wildman–Crippen MR) is 75.9 cm³/mol. The minimum absolute atomic E-state index is 0.0165. The highest BCUT2D eigenvalue weighted by atomic mass is 35.5. The first kappa shape index (κ1) is 13.7. The van der Waals surface area contributed by atoms with Gasteiger partial charge in [-0.2, -0.15) is 0 Å². The molecule has 0 saturated heterocycles. The van der Waals surface area contributed by atoms with Gasteiger partial charge >= 0.3 is 0 Å². The summed E-state index contributed by atoms with van der Waals surface area (Å²) >= 11 is 11.9. The third kappa shape index (κ3) is 2.83. The number of aromatic nitrogens is 2. The topological polar surface area (TPSA) is 67.0 Å². The summed E-state index contributed by atoms with van der Waals surface area (Å²) in [5, 5.41) is 3.53. The van der Waals surface area contributed by atoms with E-state index in [0.717, 1.165) is 5.56 Å². The van der Waals surface area contributed by atoms with E-state index in [1.807, 2.05) is 6.92 Å². The van der Waals surface area contributed by atoms with Crippen molar-refractivity contribution in [3.63, 3.8) is 0 Å². The van der Waals surface area contributed by atoms with Crippen molar-refractivity contribution in [3.05, 3.63) is 44.4 Å². The number of nitrogens with one attached hydrogen (secondary N) is 2. The van der Waals surface area contributed by atoms with E-state index < -0.39 is 5.56 Å². The maximum absolute atomic E-state index is 11.4. The predicted octanol–water partition coefficient (Wildman–Crippen LogP) is 3.14. The molecular weight excluding hydrogens is 289 g/mol. The number of H-pyrrole nitrogens is 1. The van der Waals surface area contributed by atoms with Gasteiger partial charge in [-0.15, -0.1) is 0 Å². The summed E-state index contributed by atoms with van der Waals surface area (Å²) in [5.74, 6) is 0.791. The molecule has 7 heteroatoms. The van der Waals surface area contributed by atoms with E-state index in [1.54, 1.807) is 12.1 Å². The Hall–Kier alpha value is -1.72. The fourth-order valence-electron chi connectivity index (χ4n) is 1.53. The van der Waals surface area contributed by atoms with E-state index in [9.17, 15) is 4.79 Å². The molecule has 1 aromatic heterocycles. The maximum atomic E-state index is 11.4. The highest BCUT2D eigenvalue weighted by Gasteiger charge is 2.11. The monoisotopic (exact) mass is 299 g/mol. The Kier molecular flexibility index (Phi) is 3.97. The van der Waals surface area contributed by atoms with Gasteiger partial charge in [0.25, 0.3) is 5.56 Å². The lowest BCUT2D eigenvalue weighted by molar-refractivity contribution is 0.416. The number of anilines is 2. The van der Waals surface area contributed by atoms with Crippen LogP contribution in [0.25, 0.3) is 0 Å². The Morgan fingerprint density at radius 3 is 2.79 bits per heavy atom. The number of methoxy groups -OCH3 is 1. The van der Waals surface area contributed by atoms with Crippen LogP contribution in [-0.4, -0.2) is 17.1 Å². The number of rotatable bonds is 3. The van der Waals surface area contributed by atoms with Crippen LogP contribution in [0.4, 0.5) is 11.5 Å². The van der Waals surface area contributed by atoms with Crippen molar-refractivity contribution in [2.45, 2.75) is 6.92 Å². The van der Waals surface area contributed by atoms with E-state index in [0.29, 0.717) is 16.5 Å². The van der Waals surface area contributed by atoms with Crippen molar-refractivity contribution in [3.8, 4) is 5.75 Å². The lowest BCUT2D eigenvalue weighted by atomic mass is 10.2. The van der Waals surface area contributed by atoms with Crippen molar-refractivity contribution in [1.82, 2.24) is 9.97 Å². The zero-order chi connectivity index (χ0) is 14.0. The van der Waals surface area contributed by atoms with Crippen LogP contribution in [0, 0.1) is 6.92 Å². The molecule has 1 heterocycles. The molecule has 0 aliphatic carbocycles. The highest BCUT2D eigenvalue weighted by molar-refractivity contribution is 6.33.